The van der Waals surface area contributed by atoms with E-state index < -0.39 is 30.0 Å². The van der Waals surface area contributed by atoms with Crippen LogP contribution in [0.1, 0.15) is 48.5 Å². The second-order valence-corrected chi connectivity index (χ2v) is 6.81. The molecule has 136 valence electrons. The van der Waals surface area contributed by atoms with Gasteiger partial charge in [0.25, 0.3) is 0 Å². The number of Topliss-reactive ketones (excluding diaryl/α,β-unsaturated/α-hetero) is 1. The quantitative estimate of drug-likeness (QED) is 0.607. The van der Waals surface area contributed by atoms with Gasteiger partial charge in [-0.1, -0.05) is 0 Å². The molecule has 0 saturated carbocycles. The molecule has 0 spiro atoms. The highest BCUT2D eigenvalue weighted by molar-refractivity contribution is 5.96. The van der Waals surface area contributed by atoms with Crippen molar-refractivity contribution >= 4 is 11.8 Å². The number of fused-ring (bicyclic) bond motifs is 3. The van der Waals surface area contributed by atoms with Gasteiger partial charge in [-0.2, -0.15) is 0 Å². The Morgan fingerprint density at radius 3 is 2.68 bits per heavy atom. The number of carbonyl (C=O) groups excluding carboxylic acids is 2. The Bertz CT molecular complexity index is 684. The molecule has 1 aromatic carbocycles. The second-order valence-electron chi connectivity index (χ2n) is 6.81. The van der Waals surface area contributed by atoms with Crippen LogP contribution in [-0.2, 0) is 20.7 Å². The monoisotopic (exact) mass is 350 g/mol. The standard InChI is InChI=1S/C18H22O7/c1-9-4-16-14(21)3-2-13(25-16)7-11(19)5-10-6-12(20)8-15(22)17(10)18(23)24-9/h6,8-9,13-14,16,20-22H,2-5,7H2,1H3/t9-,13-,14-,16+/m1/s1. The SMILES string of the molecule is C[C@@H]1C[C@@H]2O[C@H](CC[C@H]2O)CC(=O)Cc2cc(O)cc(O)c2C(=O)O1. The van der Waals surface area contributed by atoms with Gasteiger partial charge in [-0.25, -0.2) is 4.79 Å². The molecule has 3 rings (SSSR count). The van der Waals surface area contributed by atoms with Gasteiger partial charge < -0.3 is 24.8 Å². The number of phenolic OH excluding ortho intramolecular Hbond substituents is 2. The molecule has 4 atom stereocenters. The highest BCUT2D eigenvalue weighted by Crippen LogP contribution is 2.31. The number of esters is 1. The number of aliphatic hydroxyl groups is 1. The molecule has 2 bridgehead atoms. The van der Waals surface area contributed by atoms with E-state index in [0.717, 1.165) is 6.07 Å². The zero-order valence-electron chi connectivity index (χ0n) is 14.0. The van der Waals surface area contributed by atoms with E-state index in [0.29, 0.717) is 19.3 Å². The second kappa shape index (κ2) is 7.01. The number of aromatic hydroxyl groups is 2. The molecule has 2 aliphatic rings. The number of benzene rings is 1. The Morgan fingerprint density at radius 1 is 1.16 bits per heavy atom. The van der Waals surface area contributed by atoms with E-state index in [1.165, 1.54) is 6.07 Å². The number of rotatable bonds is 0. The van der Waals surface area contributed by atoms with Crippen molar-refractivity contribution in [2.75, 3.05) is 0 Å². The minimum atomic E-state index is -0.768. The summed E-state index contributed by atoms with van der Waals surface area (Å²) in [5.41, 5.74) is 0.123. The van der Waals surface area contributed by atoms with Crippen molar-refractivity contribution in [2.45, 2.75) is 63.4 Å². The van der Waals surface area contributed by atoms with Crippen molar-refractivity contribution in [2.24, 2.45) is 0 Å². The smallest absolute Gasteiger partial charge is 0.342 e. The van der Waals surface area contributed by atoms with Crippen LogP contribution in [0.3, 0.4) is 0 Å². The van der Waals surface area contributed by atoms with Gasteiger partial charge in [0.15, 0.2) is 0 Å². The molecule has 7 nitrogen and oxygen atoms in total. The van der Waals surface area contributed by atoms with Crippen molar-refractivity contribution in [1.82, 2.24) is 0 Å². The maximum Gasteiger partial charge on any atom is 0.342 e. The number of aliphatic hydroxyl groups excluding tert-OH is 1. The predicted octanol–water partition coefficient (Wildman–Crippen LogP) is 1.46. The van der Waals surface area contributed by atoms with Crippen molar-refractivity contribution in [3.05, 3.63) is 23.3 Å². The Balaban J connectivity index is 1.96. The van der Waals surface area contributed by atoms with Gasteiger partial charge in [0.1, 0.15) is 28.9 Å². The number of cyclic esters (lactones) is 1. The van der Waals surface area contributed by atoms with Crippen molar-refractivity contribution < 1.29 is 34.4 Å². The summed E-state index contributed by atoms with van der Waals surface area (Å²) in [6, 6.07) is 2.33. The van der Waals surface area contributed by atoms with Crippen LogP contribution in [-0.4, -0.2) is 51.5 Å². The van der Waals surface area contributed by atoms with E-state index in [4.69, 9.17) is 9.47 Å². The summed E-state index contributed by atoms with van der Waals surface area (Å²) in [6.45, 7) is 1.69. The Hall–Kier alpha value is -2.12. The molecule has 0 radical (unpaired) electrons. The molecule has 1 saturated heterocycles. The van der Waals surface area contributed by atoms with E-state index in [9.17, 15) is 24.9 Å². The molecular formula is C18H22O7. The Kier molecular flexibility index (Phi) is 4.96. The fourth-order valence-electron chi connectivity index (χ4n) is 3.51. The molecule has 0 aromatic heterocycles. The zero-order valence-corrected chi connectivity index (χ0v) is 14.0. The zero-order chi connectivity index (χ0) is 18.1. The molecule has 2 heterocycles. The van der Waals surface area contributed by atoms with E-state index in [1.807, 2.05) is 0 Å². The predicted molar refractivity (Wildman–Crippen MR) is 86.5 cm³/mol. The Labute approximate surface area is 145 Å². The number of hydrogen-bond acceptors (Lipinski definition) is 7. The minimum Gasteiger partial charge on any atom is -0.508 e. The van der Waals surface area contributed by atoms with E-state index in [1.54, 1.807) is 6.92 Å². The third-order valence-electron chi connectivity index (χ3n) is 4.68. The van der Waals surface area contributed by atoms with Crippen molar-refractivity contribution in [1.29, 1.82) is 0 Å². The minimum absolute atomic E-state index is 0.106. The maximum atomic E-state index is 12.4. The average Bonchev–Trinajstić information content (AvgIpc) is 2.48. The van der Waals surface area contributed by atoms with Crippen LogP contribution in [0.2, 0.25) is 0 Å². The fourth-order valence-corrected chi connectivity index (χ4v) is 3.51. The highest BCUT2D eigenvalue weighted by Gasteiger charge is 2.34. The van der Waals surface area contributed by atoms with Gasteiger partial charge in [0, 0.05) is 25.3 Å². The number of ketones is 1. The molecule has 2 aliphatic heterocycles. The van der Waals surface area contributed by atoms with Crippen LogP contribution in [0, 0.1) is 0 Å². The molecule has 0 amide bonds. The van der Waals surface area contributed by atoms with Crippen molar-refractivity contribution in [3.8, 4) is 11.5 Å². The van der Waals surface area contributed by atoms with E-state index in [-0.39, 0.29) is 41.6 Å². The number of ether oxygens (including phenoxy) is 2. The summed E-state index contributed by atoms with van der Waals surface area (Å²) in [5.74, 6) is -1.59. The van der Waals surface area contributed by atoms with Crippen LogP contribution in [0.5, 0.6) is 11.5 Å². The molecule has 3 N–H and O–H groups in total. The lowest BCUT2D eigenvalue weighted by Gasteiger charge is -2.35. The van der Waals surface area contributed by atoms with Gasteiger partial charge >= 0.3 is 5.97 Å². The van der Waals surface area contributed by atoms with Crippen LogP contribution in [0.15, 0.2) is 12.1 Å². The number of hydrogen-bond donors (Lipinski definition) is 3. The van der Waals surface area contributed by atoms with Gasteiger partial charge in [-0.05, 0) is 31.4 Å². The first-order chi connectivity index (χ1) is 11.8. The van der Waals surface area contributed by atoms with Gasteiger partial charge in [-0.3, -0.25) is 4.79 Å². The molecule has 25 heavy (non-hydrogen) atoms. The lowest BCUT2D eigenvalue weighted by Crippen LogP contribution is -2.42. The number of carbonyl (C=O) groups is 2. The molecule has 7 heteroatoms. The first-order valence-electron chi connectivity index (χ1n) is 8.44. The van der Waals surface area contributed by atoms with Crippen LogP contribution in [0.25, 0.3) is 0 Å². The summed E-state index contributed by atoms with van der Waals surface area (Å²) in [4.78, 5) is 24.8. The molecule has 0 aliphatic carbocycles. The number of phenols is 2. The van der Waals surface area contributed by atoms with Crippen LogP contribution >= 0.6 is 0 Å². The fraction of sp³-hybridized carbons (Fsp3) is 0.556. The van der Waals surface area contributed by atoms with Gasteiger partial charge in [-0.15, -0.1) is 0 Å². The first-order valence-corrected chi connectivity index (χ1v) is 8.44. The lowest BCUT2D eigenvalue weighted by atomic mass is 9.92. The molecule has 1 fully saturated rings. The summed E-state index contributed by atoms with van der Waals surface area (Å²) in [6.07, 6.45) is -0.548. The topological polar surface area (TPSA) is 113 Å². The molecule has 0 unspecified atom stereocenters. The molecule has 1 aromatic rings. The van der Waals surface area contributed by atoms with Crippen LogP contribution in [0.4, 0.5) is 0 Å². The van der Waals surface area contributed by atoms with Gasteiger partial charge in [0.05, 0.1) is 18.3 Å². The summed E-state index contributed by atoms with van der Waals surface area (Å²) < 4.78 is 11.2. The summed E-state index contributed by atoms with van der Waals surface area (Å²) in [5, 5.41) is 29.8. The highest BCUT2D eigenvalue weighted by atomic mass is 16.5. The van der Waals surface area contributed by atoms with Crippen LogP contribution < -0.4 is 0 Å². The van der Waals surface area contributed by atoms with E-state index >= 15 is 0 Å². The normalized spacial score (nSPS) is 30.6. The first kappa shape index (κ1) is 17.7. The summed E-state index contributed by atoms with van der Waals surface area (Å²) in [7, 11) is 0. The largest absolute Gasteiger partial charge is 0.508 e. The Morgan fingerprint density at radius 2 is 1.92 bits per heavy atom. The maximum absolute atomic E-state index is 12.4. The van der Waals surface area contributed by atoms with Gasteiger partial charge in [0.2, 0.25) is 0 Å². The third kappa shape index (κ3) is 3.93. The lowest BCUT2D eigenvalue weighted by molar-refractivity contribution is -0.142. The van der Waals surface area contributed by atoms with E-state index in [2.05, 4.69) is 0 Å². The van der Waals surface area contributed by atoms with Crippen molar-refractivity contribution in [3.63, 3.8) is 0 Å². The molecular weight excluding hydrogens is 328 g/mol. The summed E-state index contributed by atoms with van der Waals surface area (Å²) >= 11 is 0. The average molecular weight is 350 g/mol. The third-order valence-corrected chi connectivity index (χ3v) is 4.68.